The highest BCUT2D eigenvalue weighted by Crippen LogP contribution is 2.15. The quantitative estimate of drug-likeness (QED) is 0.135. The molecule has 0 amide bonds. The molecule has 0 rings (SSSR count). The highest BCUT2D eigenvalue weighted by atomic mass is 16.6. The zero-order valence-corrected chi connectivity index (χ0v) is 19.9. The van der Waals surface area contributed by atoms with Crippen molar-refractivity contribution in [1.82, 2.24) is 0 Å². The van der Waals surface area contributed by atoms with E-state index in [0.717, 1.165) is 26.2 Å². The van der Waals surface area contributed by atoms with E-state index < -0.39 is 23.5 Å². The van der Waals surface area contributed by atoms with Crippen LogP contribution < -0.4 is 0 Å². The molecule has 178 valence electrons. The summed E-state index contributed by atoms with van der Waals surface area (Å²) >= 11 is 0. The average molecular weight is 429 g/mol. The lowest BCUT2D eigenvalue weighted by atomic mass is 9.97. The van der Waals surface area contributed by atoms with Gasteiger partial charge in [0.05, 0.1) is 6.61 Å². The second kappa shape index (κ2) is 18.8. The zero-order chi connectivity index (χ0) is 22.7. The summed E-state index contributed by atoms with van der Waals surface area (Å²) in [6.07, 6.45) is 20.4. The first kappa shape index (κ1) is 29.1. The molecule has 0 saturated carbocycles. The lowest BCUT2D eigenvalue weighted by molar-refractivity contribution is -0.171. The smallest absolute Gasteiger partial charge is 0.345 e. The fourth-order valence-corrected chi connectivity index (χ4v) is 3.64. The molecule has 0 radical (unpaired) electrons. The Morgan fingerprint density at radius 2 is 1.07 bits per heavy atom. The molecule has 5 nitrogen and oxygen atoms in total. The maximum Gasteiger partial charge on any atom is 0.345 e. The van der Waals surface area contributed by atoms with E-state index in [4.69, 9.17) is 4.74 Å². The number of hydrogen-bond donors (Lipinski definition) is 2. The van der Waals surface area contributed by atoms with Gasteiger partial charge >= 0.3 is 5.97 Å². The molecule has 0 aromatic carbocycles. The van der Waals surface area contributed by atoms with Gasteiger partial charge in [-0.3, -0.25) is 4.79 Å². The number of aliphatic hydroxyl groups excluding tert-OH is 1. The summed E-state index contributed by atoms with van der Waals surface area (Å²) < 4.78 is 4.98. The van der Waals surface area contributed by atoms with Gasteiger partial charge in [0.2, 0.25) is 11.4 Å². The summed E-state index contributed by atoms with van der Waals surface area (Å²) in [4.78, 5) is 23.4. The molecule has 5 heteroatoms. The van der Waals surface area contributed by atoms with Crippen LogP contribution >= 0.6 is 0 Å². The lowest BCUT2D eigenvalue weighted by Gasteiger charge is -2.21. The Kier molecular flexibility index (Phi) is 18.2. The number of carbonyl (C=O) groups is 2. The van der Waals surface area contributed by atoms with Crippen molar-refractivity contribution in [2.75, 3.05) is 6.61 Å². The summed E-state index contributed by atoms with van der Waals surface area (Å²) in [7, 11) is 0. The molecule has 2 unspecified atom stereocenters. The topological polar surface area (TPSA) is 83.8 Å². The number of ether oxygens (including phenoxy) is 1. The first-order chi connectivity index (χ1) is 14.3. The van der Waals surface area contributed by atoms with Gasteiger partial charge in [0.1, 0.15) is 6.10 Å². The van der Waals surface area contributed by atoms with Crippen LogP contribution in [0.3, 0.4) is 0 Å². The van der Waals surface area contributed by atoms with Gasteiger partial charge in [0.15, 0.2) is 0 Å². The number of ketones is 1. The van der Waals surface area contributed by atoms with Crippen molar-refractivity contribution in [2.24, 2.45) is 0 Å². The SMILES string of the molecule is CCCCCCCCCCCCCCCCCCCOC(=O)C(C)(O)C(=O)C(C)O. The molecule has 0 heterocycles. The van der Waals surface area contributed by atoms with Crippen LogP contribution in [-0.2, 0) is 14.3 Å². The highest BCUT2D eigenvalue weighted by molar-refractivity contribution is 6.08. The van der Waals surface area contributed by atoms with Crippen LogP contribution in [0.4, 0.5) is 0 Å². The Hall–Kier alpha value is -0.940. The van der Waals surface area contributed by atoms with Crippen molar-refractivity contribution in [1.29, 1.82) is 0 Å². The largest absolute Gasteiger partial charge is 0.463 e. The molecule has 30 heavy (non-hydrogen) atoms. The van der Waals surface area contributed by atoms with Crippen LogP contribution in [0, 0.1) is 0 Å². The predicted octanol–water partition coefficient (Wildman–Crippen LogP) is 5.88. The van der Waals surface area contributed by atoms with Crippen LogP contribution in [0.15, 0.2) is 0 Å². The molecule has 0 aromatic heterocycles. The van der Waals surface area contributed by atoms with Gasteiger partial charge in [0.25, 0.3) is 0 Å². The van der Waals surface area contributed by atoms with Gasteiger partial charge in [-0.15, -0.1) is 0 Å². The molecule has 2 N–H and O–H groups in total. The Labute approximate surface area is 185 Å². The second-order valence-corrected chi connectivity index (χ2v) is 8.91. The summed E-state index contributed by atoms with van der Waals surface area (Å²) in [5, 5.41) is 19.1. The third-order valence-electron chi connectivity index (χ3n) is 5.74. The van der Waals surface area contributed by atoms with Gasteiger partial charge in [0, 0.05) is 0 Å². The molecule has 0 spiro atoms. The van der Waals surface area contributed by atoms with E-state index in [1.165, 1.54) is 96.8 Å². The number of Topliss-reactive ketones (excluding diaryl/α,β-unsaturated/α-hetero) is 1. The number of carbonyl (C=O) groups excluding carboxylic acids is 2. The summed E-state index contributed by atoms with van der Waals surface area (Å²) in [5.41, 5.74) is -2.27. The first-order valence-corrected chi connectivity index (χ1v) is 12.5. The van der Waals surface area contributed by atoms with Crippen LogP contribution in [0.2, 0.25) is 0 Å². The molecule has 0 fully saturated rings. The monoisotopic (exact) mass is 428 g/mol. The van der Waals surface area contributed by atoms with Crippen LogP contribution in [-0.4, -0.2) is 40.3 Å². The van der Waals surface area contributed by atoms with E-state index in [1.807, 2.05) is 0 Å². The van der Waals surface area contributed by atoms with Crippen LogP contribution in [0.5, 0.6) is 0 Å². The van der Waals surface area contributed by atoms with Crippen LogP contribution in [0.1, 0.15) is 130 Å². The number of hydrogen-bond acceptors (Lipinski definition) is 5. The molecule has 0 aromatic rings. The lowest BCUT2D eigenvalue weighted by Crippen LogP contribution is -2.49. The van der Waals surface area contributed by atoms with E-state index in [2.05, 4.69) is 6.92 Å². The van der Waals surface area contributed by atoms with Gasteiger partial charge < -0.3 is 14.9 Å². The fourth-order valence-electron chi connectivity index (χ4n) is 3.64. The molecule has 0 aliphatic heterocycles. The molecule has 0 saturated heterocycles. The van der Waals surface area contributed by atoms with Crippen molar-refractivity contribution in [3.8, 4) is 0 Å². The third kappa shape index (κ3) is 15.0. The summed E-state index contributed by atoms with van der Waals surface area (Å²) in [5.74, 6) is -1.92. The van der Waals surface area contributed by atoms with E-state index >= 15 is 0 Å². The molecule has 0 aliphatic carbocycles. The molecule has 2 atom stereocenters. The molecular weight excluding hydrogens is 380 g/mol. The molecule has 0 aliphatic rings. The molecule has 0 bridgehead atoms. The fraction of sp³-hybridized carbons (Fsp3) is 0.920. The predicted molar refractivity (Wildman–Crippen MR) is 122 cm³/mol. The number of rotatable bonds is 21. The number of esters is 1. The zero-order valence-electron chi connectivity index (χ0n) is 19.9. The summed E-state index contributed by atoms with van der Waals surface area (Å²) in [6, 6.07) is 0. The normalized spacial score (nSPS) is 14.3. The third-order valence-corrected chi connectivity index (χ3v) is 5.74. The van der Waals surface area contributed by atoms with Crippen molar-refractivity contribution >= 4 is 11.8 Å². The van der Waals surface area contributed by atoms with Crippen molar-refractivity contribution in [3.05, 3.63) is 0 Å². The average Bonchev–Trinajstić information content (AvgIpc) is 2.71. The number of aliphatic hydroxyl groups is 2. The van der Waals surface area contributed by atoms with E-state index in [9.17, 15) is 19.8 Å². The maximum absolute atomic E-state index is 11.8. The number of unbranched alkanes of at least 4 members (excludes halogenated alkanes) is 16. The standard InChI is InChI=1S/C25H48O5/c1-4-5-6-7-8-9-10-11-12-13-14-15-16-17-18-19-20-21-30-24(28)25(3,29)23(27)22(2)26/h22,26,29H,4-21H2,1-3H3. The minimum Gasteiger partial charge on any atom is -0.463 e. The van der Waals surface area contributed by atoms with Gasteiger partial charge in [-0.2, -0.15) is 0 Å². The Morgan fingerprint density at radius 1 is 0.733 bits per heavy atom. The van der Waals surface area contributed by atoms with Crippen molar-refractivity contribution < 1.29 is 24.5 Å². The summed E-state index contributed by atoms with van der Waals surface area (Å²) in [6.45, 7) is 4.75. The highest BCUT2D eigenvalue weighted by Gasteiger charge is 2.42. The van der Waals surface area contributed by atoms with Gasteiger partial charge in [-0.05, 0) is 20.3 Å². The minimum atomic E-state index is -2.27. The van der Waals surface area contributed by atoms with Crippen molar-refractivity contribution in [3.63, 3.8) is 0 Å². The van der Waals surface area contributed by atoms with Crippen molar-refractivity contribution in [2.45, 2.75) is 142 Å². The Morgan fingerprint density at radius 3 is 1.40 bits per heavy atom. The Balaban J connectivity index is 3.37. The maximum atomic E-state index is 11.8. The Bertz CT molecular complexity index is 431. The van der Waals surface area contributed by atoms with Crippen LogP contribution in [0.25, 0.3) is 0 Å². The minimum absolute atomic E-state index is 0.195. The van der Waals surface area contributed by atoms with E-state index in [0.29, 0.717) is 0 Å². The molecular formula is C25H48O5. The van der Waals surface area contributed by atoms with Gasteiger partial charge in [-0.25, -0.2) is 4.79 Å². The van der Waals surface area contributed by atoms with Gasteiger partial charge in [-0.1, -0.05) is 110 Å². The second-order valence-electron chi connectivity index (χ2n) is 8.91. The van der Waals surface area contributed by atoms with E-state index in [-0.39, 0.29) is 6.61 Å². The first-order valence-electron chi connectivity index (χ1n) is 12.5. The van der Waals surface area contributed by atoms with E-state index in [1.54, 1.807) is 0 Å².